The zero-order valence-corrected chi connectivity index (χ0v) is 20.7. The Morgan fingerprint density at radius 1 is 1.05 bits per heavy atom. The fraction of sp³-hybridized carbons (Fsp3) is 0.269. The van der Waals surface area contributed by atoms with Crippen LogP contribution < -0.4 is 5.32 Å². The molecular weight excluding hydrogens is 500 g/mol. The van der Waals surface area contributed by atoms with Gasteiger partial charge in [-0.1, -0.05) is 48.5 Å². The number of hydrogen-bond acceptors (Lipinski definition) is 8. The van der Waals surface area contributed by atoms with Crippen molar-refractivity contribution in [2.75, 3.05) is 19.4 Å². The molecule has 2 unspecified atom stereocenters. The van der Waals surface area contributed by atoms with E-state index >= 15 is 0 Å². The molecule has 10 nitrogen and oxygen atoms in total. The maximum atomic E-state index is 12.3. The van der Waals surface area contributed by atoms with E-state index in [0.717, 1.165) is 46.7 Å². The number of ether oxygens (including phenoxy) is 1. The number of carbonyl (C=O) groups excluding carboxylic acids is 1. The van der Waals surface area contributed by atoms with Crippen LogP contribution in [0, 0.1) is 10.1 Å². The van der Waals surface area contributed by atoms with E-state index in [0.29, 0.717) is 0 Å². The third-order valence-electron chi connectivity index (χ3n) is 6.36. The summed E-state index contributed by atoms with van der Waals surface area (Å²) in [5.41, 5.74) is 3.48. The summed E-state index contributed by atoms with van der Waals surface area (Å²) in [5.74, 6) is -0.110. The Morgan fingerprint density at radius 3 is 2.22 bits per heavy atom. The van der Waals surface area contributed by atoms with Crippen molar-refractivity contribution in [3.63, 3.8) is 0 Å². The predicted octanol–water partition coefficient (Wildman–Crippen LogP) is 3.32. The first-order valence-corrected chi connectivity index (χ1v) is 13.4. The van der Waals surface area contributed by atoms with Gasteiger partial charge >= 0.3 is 6.09 Å². The van der Waals surface area contributed by atoms with Crippen molar-refractivity contribution in [1.29, 1.82) is 0 Å². The van der Waals surface area contributed by atoms with Crippen LogP contribution in [0.1, 0.15) is 35.1 Å². The van der Waals surface area contributed by atoms with Crippen LogP contribution in [-0.2, 0) is 14.6 Å². The summed E-state index contributed by atoms with van der Waals surface area (Å²) in [7, 11) is -3.70. The van der Waals surface area contributed by atoms with Gasteiger partial charge in [-0.05, 0) is 40.8 Å². The molecule has 0 heterocycles. The molecule has 0 radical (unpaired) electrons. The molecule has 11 heteroatoms. The summed E-state index contributed by atoms with van der Waals surface area (Å²) < 4.78 is 28.8. The Bertz CT molecular complexity index is 1390. The molecule has 37 heavy (non-hydrogen) atoms. The molecule has 0 aromatic heterocycles. The first-order chi connectivity index (χ1) is 17.6. The average molecular weight is 527 g/mol. The number of carbonyl (C=O) groups is 1. The lowest BCUT2D eigenvalue weighted by atomic mass is 9.98. The van der Waals surface area contributed by atoms with Crippen LogP contribution in [0.5, 0.6) is 0 Å². The van der Waals surface area contributed by atoms with Crippen molar-refractivity contribution in [1.82, 2.24) is 5.32 Å². The molecule has 4 rings (SSSR count). The highest BCUT2D eigenvalue weighted by Crippen LogP contribution is 2.44. The normalized spacial score (nSPS) is 14.4. The van der Waals surface area contributed by atoms with E-state index in [-0.39, 0.29) is 35.9 Å². The van der Waals surface area contributed by atoms with Crippen molar-refractivity contribution < 1.29 is 33.1 Å². The topological polar surface area (TPSA) is 156 Å². The van der Waals surface area contributed by atoms with Crippen molar-refractivity contribution in [2.24, 2.45) is 0 Å². The largest absolute Gasteiger partial charge is 0.449 e. The maximum Gasteiger partial charge on any atom is 0.407 e. The molecule has 0 bridgehead atoms. The Kier molecular flexibility index (Phi) is 7.58. The van der Waals surface area contributed by atoms with E-state index < -0.39 is 38.7 Å². The Hall–Kier alpha value is -3.80. The molecule has 1 amide bonds. The van der Waals surface area contributed by atoms with Crippen LogP contribution in [0.4, 0.5) is 10.5 Å². The standard InChI is InChI=1S/C26H26N2O8S/c1-37(34,35)16-10-11-21(23(14-16)28(32)33)25(30)24(29)12-13-27-26(31)36-15-22-19-8-4-2-6-17(19)18-7-3-5-9-20(18)22/h2-11,14,22,24-25,29-30H,12-13,15H2,1H3,(H,27,31). The molecule has 2 atom stereocenters. The molecule has 0 spiro atoms. The van der Waals surface area contributed by atoms with Crippen LogP contribution >= 0.6 is 0 Å². The molecular formula is C26H26N2O8S. The zero-order valence-electron chi connectivity index (χ0n) is 19.9. The average Bonchev–Trinajstić information content (AvgIpc) is 3.19. The highest BCUT2D eigenvalue weighted by atomic mass is 32.2. The first-order valence-electron chi connectivity index (χ1n) is 11.5. The van der Waals surface area contributed by atoms with Gasteiger partial charge in [-0.2, -0.15) is 0 Å². The van der Waals surface area contributed by atoms with Gasteiger partial charge < -0.3 is 20.3 Å². The van der Waals surface area contributed by atoms with E-state index in [9.17, 15) is 33.5 Å². The Balaban J connectivity index is 1.33. The van der Waals surface area contributed by atoms with Crippen LogP contribution in [0.15, 0.2) is 71.6 Å². The SMILES string of the molecule is CS(=O)(=O)c1ccc(C(O)C(O)CCNC(=O)OCC2c3ccccc3-c3ccccc32)c([N+](=O)[O-])c1. The summed E-state index contributed by atoms with van der Waals surface area (Å²) in [6, 6.07) is 18.9. The van der Waals surface area contributed by atoms with Crippen molar-refractivity contribution in [3.8, 4) is 11.1 Å². The van der Waals surface area contributed by atoms with Crippen LogP contribution in [0.3, 0.4) is 0 Å². The van der Waals surface area contributed by atoms with Gasteiger partial charge in [-0.15, -0.1) is 0 Å². The maximum absolute atomic E-state index is 12.3. The molecule has 0 aliphatic heterocycles. The number of hydrogen-bond donors (Lipinski definition) is 3. The summed E-state index contributed by atoms with van der Waals surface area (Å²) in [4.78, 5) is 22.6. The lowest BCUT2D eigenvalue weighted by Crippen LogP contribution is -2.30. The summed E-state index contributed by atoms with van der Waals surface area (Å²) in [6.45, 7) is 0.0496. The Labute approximate surface area is 213 Å². The quantitative estimate of drug-likeness (QED) is 0.283. The zero-order chi connectivity index (χ0) is 26.7. The molecule has 1 aliphatic rings. The van der Waals surface area contributed by atoms with Gasteiger partial charge in [-0.25, -0.2) is 13.2 Å². The van der Waals surface area contributed by atoms with Crippen LogP contribution in [0.25, 0.3) is 11.1 Å². The van der Waals surface area contributed by atoms with E-state index in [1.54, 1.807) is 0 Å². The summed E-state index contributed by atoms with van der Waals surface area (Å²) in [6.07, 6.45) is -3.05. The number of rotatable bonds is 9. The second-order valence-electron chi connectivity index (χ2n) is 8.80. The van der Waals surface area contributed by atoms with Crippen molar-refractivity contribution in [2.45, 2.75) is 29.4 Å². The third kappa shape index (κ3) is 5.63. The number of amides is 1. The van der Waals surface area contributed by atoms with Crippen LogP contribution in [0.2, 0.25) is 0 Å². The van der Waals surface area contributed by atoms with E-state index in [2.05, 4.69) is 5.32 Å². The van der Waals surface area contributed by atoms with Gasteiger partial charge in [0.1, 0.15) is 12.7 Å². The van der Waals surface area contributed by atoms with Gasteiger partial charge in [0.15, 0.2) is 9.84 Å². The monoisotopic (exact) mass is 526 g/mol. The molecule has 0 saturated carbocycles. The number of aliphatic hydroxyl groups excluding tert-OH is 2. The fourth-order valence-electron chi connectivity index (χ4n) is 4.50. The minimum absolute atomic E-state index is 0.0654. The van der Waals surface area contributed by atoms with Crippen molar-refractivity contribution >= 4 is 21.6 Å². The summed E-state index contributed by atoms with van der Waals surface area (Å²) >= 11 is 0. The Morgan fingerprint density at radius 2 is 1.65 bits per heavy atom. The number of aliphatic hydroxyl groups is 2. The minimum Gasteiger partial charge on any atom is -0.449 e. The van der Waals surface area contributed by atoms with E-state index in [4.69, 9.17) is 4.74 Å². The molecule has 3 aromatic carbocycles. The van der Waals surface area contributed by atoms with Gasteiger partial charge in [0.05, 0.1) is 21.5 Å². The summed E-state index contributed by atoms with van der Waals surface area (Å²) in [5, 5.41) is 34.7. The minimum atomic E-state index is -3.70. The number of benzene rings is 3. The number of nitro benzene ring substituents is 1. The van der Waals surface area contributed by atoms with E-state index in [1.165, 1.54) is 0 Å². The molecule has 0 saturated heterocycles. The second kappa shape index (κ2) is 10.7. The molecule has 0 fully saturated rings. The number of sulfone groups is 1. The number of fused-ring (bicyclic) bond motifs is 3. The van der Waals surface area contributed by atoms with Crippen molar-refractivity contribution in [3.05, 3.63) is 93.5 Å². The van der Waals surface area contributed by atoms with Gasteiger partial charge in [0.25, 0.3) is 5.69 Å². The number of nitro groups is 1. The predicted molar refractivity (Wildman–Crippen MR) is 135 cm³/mol. The number of nitrogens with one attached hydrogen (secondary N) is 1. The van der Waals surface area contributed by atoms with E-state index in [1.807, 2.05) is 48.5 Å². The van der Waals surface area contributed by atoms with Crippen LogP contribution in [-0.4, -0.2) is 55.2 Å². The first kappa shape index (κ1) is 26.3. The third-order valence-corrected chi connectivity index (χ3v) is 7.47. The molecule has 3 N–H and O–H groups in total. The molecule has 194 valence electrons. The van der Waals surface area contributed by atoms with Gasteiger partial charge in [0, 0.05) is 24.8 Å². The number of alkyl carbamates (subject to hydrolysis) is 1. The highest BCUT2D eigenvalue weighted by molar-refractivity contribution is 7.90. The lowest BCUT2D eigenvalue weighted by molar-refractivity contribution is -0.386. The molecule has 1 aliphatic carbocycles. The molecule has 3 aromatic rings. The lowest BCUT2D eigenvalue weighted by Gasteiger charge is -2.19. The number of nitrogens with zero attached hydrogens (tertiary/aromatic N) is 1. The smallest absolute Gasteiger partial charge is 0.407 e. The second-order valence-corrected chi connectivity index (χ2v) is 10.8. The van der Waals surface area contributed by atoms with Gasteiger partial charge in [0.2, 0.25) is 0 Å². The highest BCUT2D eigenvalue weighted by Gasteiger charge is 2.30. The fourth-order valence-corrected chi connectivity index (χ4v) is 5.14. The van der Waals surface area contributed by atoms with Gasteiger partial charge in [-0.3, -0.25) is 10.1 Å².